The van der Waals surface area contributed by atoms with Crippen molar-refractivity contribution in [3.8, 4) is 17.2 Å². The number of esters is 1. The summed E-state index contributed by atoms with van der Waals surface area (Å²) in [5.41, 5.74) is -0.108. The Morgan fingerprint density at radius 1 is 1.03 bits per heavy atom. The van der Waals surface area contributed by atoms with Crippen molar-refractivity contribution in [1.82, 2.24) is 19.9 Å². The number of allylic oxidation sites excluding steroid dienone is 1. The first-order valence-electron chi connectivity index (χ1n) is 21.5. The Morgan fingerprint density at radius 2 is 1.83 bits per heavy atom. The number of sulfonamides is 1. The highest BCUT2D eigenvalue weighted by atomic mass is 32.2. The van der Waals surface area contributed by atoms with E-state index in [4.69, 9.17) is 23.9 Å². The second-order valence-corrected chi connectivity index (χ2v) is 21.8. The number of fused-ring (bicyclic) bond motifs is 7. The quantitative estimate of drug-likeness (QED) is 0.266. The van der Waals surface area contributed by atoms with Gasteiger partial charge < -0.3 is 29.2 Å². The summed E-state index contributed by atoms with van der Waals surface area (Å²) < 4.78 is 52.4. The number of nitrogens with zero attached hydrogens (tertiary/aromatic N) is 2. The van der Waals surface area contributed by atoms with Crippen LogP contribution in [0.1, 0.15) is 128 Å². The first-order valence-corrected chi connectivity index (χ1v) is 22.9. The summed E-state index contributed by atoms with van der Waals surface area (Å²) in [5.74, 6) is -1.13. The second-order valence-electron chi connectivity index (χ2n) is 19.6. The Hall–Kier alpha value is -4.40. The van der Waals surface area contributed by atoms with Crippen LogP contribution in [-0.4, -0.2) is 83.9 Å². The largest absolute Gasteiger partial charge is 0.483 e. The Labute approximate surface area is 345 Å². The van der Waals surface area contributed by atoms with E-state index in [1.165, 1.54) is 0 Å². The number of nitrogens with one attached hydrogen (secondary N) is 2. The lowest BCUT2D eigenvalue weighted by Crippen LogP contribution is -2.57. The van der Waals surface area contributed by atoms with E-state index in [0.29, 0.717) is 55.8 Å². The minimum atomic E-state index is -3.99. The first kappa shape index (κ1) is 40.0. The summed E-state index contributed by atoms with van der Waals surface area (Å²) in [6.07, 6.45) is 11.5. The van der Waals surface area contributed by atoms with Crippen LogP contribution in [0.25, 0.3) is 10.9 Å². The van der Waals surface area contributed by atoms with Gasteiger partial charge in [0.05, 0.1) is 40.9 Å². The summed E-state index contributed by atoms with van der Waals surface area (Å²) in [6, 6.07) is 2.76. The van der Waals surface area contributed by atoms with Crippen molar-refractivity contribution in [1.29, 1.82) is 0 Å². The molecule has 7 aliphatic rings. The lowest BCUT2D eigenvalue weighted by molar-refractivity contribution is -0.152. The van der Waals surface area contributed by atoms with Crippen LogP contribution < -0.4 is 24.2 Å². The van der Waals surface area contributed by atoms with E-state index in [1.807, 2.05) is 45.1 Å². The third kappa shape index (κ3) is 7.54. The monoisotopic (exact) mass is 832 g/mol. The molecule has 14 nitrogen and oxygen atoms in total. The number of rotatable bonds is 7. The van der Waals surface area contributed by atoms with Crippen LogP contribution in [-0.2, 0) is 40.4 Å². The minimum Gasteiger partial charge on any atom is -0.483 e. The molecule has 0 unspecified atom stereocenters. The molecule has 4 fully saturated rings. The van der Waals surface area contributed by atoms with Crippen LogP contribution in [0.4, 0.5) is 0 Å². The van der Waals surface area contributed by atoms with Gasteiger partial charge in [-0.05, 0) is 88.7 Å². The van der Waals surface area contributed by atoms with Gasteiger partial charge >= 0.3 is 5.97 Å². The van der Waals surface area contributed by atoms with Gasteiger partial charge in [0.15, 0.2) is 11.5 Å². The molecule has 1 aromatic carbocycles. The molecule has 5 heterocycles. The molecular formula is C44H56N4O10S. The van der Waals surface area contributed by atoms with Crippen molar-refractivity contribution < 1.29 is 46.5 Å². The molecule has 3 amide bonds. The average molecular weight is 833 g/mol. The Morgan fingerprint density at radius 3 is 2.58 bits per heavy atom. The number of amides is 3. The van der Waals surface area contributed by atoms with Crippen molar-refractivity contribution >= 4 is 44.6 Å². The van der Waals surface area contributed by atoms with Gasteiger partial charge in [-0.1, -0.05) is 45.8 Å². The third-order valence-corrected chi connectivity index (χ3v) is 15.6. The molecule has 0 radical (unpaired) electrons. The van der Waals surface area contributed by atoms with Crippen molar-refractivity contribution in [2.45, 2.75) is 145 Å². The van der Waals surface area contributed by atoms with E-state index in [0.717, 1.165) is 54.3 Å². The van der Waals surface area contributed by atoms with Crippen LogP contribution in [0.2, 0.25) is 0 Å². The van der Waals surface area contributed by atoms with Gasteiger partial charge in [0.1, 0.15) is 22.9 Å². The molecule has 1 spiro atoms. The summed E-state index contributed by atoms with van der Waals surface area (Å²) in [5, 5.41) is 3.85. The molecular weight excluding hydrogens is 777 g/mol. The zero-order chi connectivity index (χ0) is 41.5. The number of carbonyl (C=O) groups excluding carboxylic acids is 4. The van der Waals surface area contributed by atoms with Crippen LogP contribution in [0, 0.1) is 17.3 Å². The second kappa shape index (κ2) is 14.4. The number of aryl methyl sites for hydroxylation is 1. The van der Waals surface area contributed by atoms with E-state index < -0.39 is 61.6 Å². The lowest BCUT2D eigenvalue weighted by atomic mass is 9.86. The standard InChI is InChI=1S/C44H56N4O10S/c1-41(2,3)24-55-33(49)20-27-10-8-6-5-7-9-11-28-21-44(28,40(52)47-59(53,54)42(4)18-19-42)46-38(50)31-22-43(23-48(31)39(27)51)17-16-29-34-30(14-15-32-37(34)57-25-56-32)45-35(26-12-13-26)36(29)58-43/h9,11,14-15,26-28,31H,5-8,10,12-13,16-25H2,1-4H3,(H,46,50)(H,47,52)/b11-9-/t27-,28-,31+,43-,44-/m1/s1. The Bertz CT molecular complexity index is 2240. The molecule has 1 saturated heterocycles. The fourth-order valence-electron chi connectivity index (χ4n) is 9.33. The van der Waals surface area contributed by atoms with E-state index in [-0.39, 0.29) is 56.4 Å². The molecule has 3 saturated carbocycles. The maximum absolute atomic E-state index is 15.0. The highest BCUT2D eigenvalue weighted by Gasteiger charge is 2.64. The molecule has 4 aliphatic heterocycles. The number of pyridine rings is 1. The summed E-state index contributed by atoms with van der Waals surface area (Å²) in [7, 11) is -3.99. The van der Waals surface area contributed by atoms with Crippen molar-refractivity contribution in [3.05, 3.63) is 35.5 Å². The summed E-state index contributed by atoms with van der Waals surface area (Å²) >= 11 is 0. The number of hydrogen-bond donors (Lipinski definition) is 2. The van der Waals surface area contributed by atoms with Gasteiger partial charge in [0.2, 0.25) is 28.6 Å². The fourth-order valence-corrected chi connectivity index (χ4v) is 10.6. The first-order chi connectivity index (χ1) is 28.0. The van der Waals surface area contributed by atoms with Crippen LogP contribution in [0.5, 0.6) is 17.2 Å². The number of benzene rings is 1. The summed E-state index contributed by atoms with van der Waals surface area (Å²) in [4.78, 5) is 63.9. The predicted octanol–water partition coefficient (Wildman–Crippen LogP) is 5.49. The molecule has 15 heteroatoms. The molecule has 9 rings (SSSR count). The Kier molecular flexibility index (Phi) is 9.75. The van der Waals surface area contributed by atoms with Crippen LogP contribution >= 0.6 is 0 Å². The molecule has 2 N–H and O–H groups in total. The maximum atomic E-state index is 15.0. The molecule has 59 heavy (non-hydrogen) atoms. The molecule has 3 aliphatic carbocycles. The number of carbonyl (C=O) groups is 4. The SMILES string of the molecule is CC(C)(C)COC(=O)C[C@H]1CCCCC/C=C\[C@@H]2C[C@@]2(C(=O)NS(=O)(=O)C2(C)CC2)NC(=O)[C@@H]2C[C@]3(CCc4c(c(C5CC5)nc5ccc6c(c45)OCO6)O3)CN2C1=O. The molecule has 5 atom stereocenters. The van der Waals surface area contributed by atoms with E-state index in [1.54, 1.807) is 11.8 Å². The highest BCUT2D eigenvalue weighted by Crippen LogP contribution is 2.54. The van der Waals surface area contributed by atoms with E-state index in [9.17, 15) is 27.6 Å². The van der Waals surface area contributed by atoms with Crippen LogP contribution in [0.3, 0.4) is 0 Å². The smallest absolute Gasteiger partial charge is 0.306 e. The lowest BCUT2D eigenvalue weighted by Gasteiger charge is -2.37. The van der Waals surface area contributed by atoms with Crippen LogP contribution in [0.15, 0.2) is 24.3 Å². The maximum Gasteiger partial charge on any atom is 0.306 e. The third-order valence-electron chi connectivity index (χ3n) is 13.5. The highest BCUT2D eigenvalue weighted by molar-refractivity contribution is 7.91. The van der Waals surface area contributed by atoms with Crippen molar-refractivity contribution in [2.24, 2.45) is 17.3 Å². The van der Waals surface area contributed by atoms with Gasteiger partial charge in [-0.3, -0.25) is 23.9 Å². The van der Waals surface area contributed by atoms with Gasteiger partial charge in [0.25, 0.3) is 5.91 Å². The molecule has 0 bridgehead atoms. The molecule has 1 aromatic heterocycles. The van der Waals surface area contributed by atoms with Gasteiger partial charge in [0, 0.05) is 29.7 Å². The van der Waals surface area contributed by atoms with Gasteiger partial charge in [-0.15, -0.1) is 0 Å². The predicted molar refractivity (Wildman–Crippen MR) is 216 cm³/mol. The minimum absolute atomic E-state index is 0.0841. The number of ether oxygens (including phenoxy) is 4. The zero-order valence-corrected chi connectivity index (χ0v) is 35.3. The topological polar surface area (TPSA) is 180 Å². The fraction of sp³-hybridized carbons (Fsp3) is 0.659. The van der Waals surface area contributed by atoms with Crippen molar-refractivity contribution in [3.63, 3.8) is 0 Å². The van der Waals surface area contributed by atoms with E-state index in [2.05, 4.69) is 10.0 Å². The average Bonchev–Trinajstić information content (AvgIpc) is 4.15. The molecule has 2 aromatic rings. The van der Waals surface area contributed by atoms with Crippen molar-refractivity contribution in [2.75, 3.05) is 19.9 Å². The Balaban J connectivity index is 1.07. The normalized spacial score (nSPS) is 30.5. The number of aromatic nitrogens is 1. The number of hydrogen-bond acceptors (Lipinski definition) is 11. The molecule has 318 valence electrons. The van der Waals surface area contributed by atoms with Gasteiger partial charge in [-0.2, -0.15) is 0 Å². The summed E-state index contributed by atoms with van der Waals surface area (Å²) in [6.45, 7) is 7.92. The zero-order valence-electron chi connectivity index (χ0n) is 34.5. The van der Waals surface area contributed by atoms with Gasteiger partial charge in [-0.25, -0.2) is 13.4 Å². The van der Waals surface area contributed by atoms with E-state index >= 15 is 0 Å².